The van der Waals surface area contributed by atoms with Crippen LogP contribution in [0.3, 0.4) is 0 Å². The number of halogens is 2. The van der Waals surface area contributed by atoms with Gasteiger partial charge < -0.3 is 5.73 Å². The lowest BCUT2D eigenvalue weighted by Gasteiger charge is -2.31. The van der Waals surface area contributed by atoms with Gasteiger partial charge in [0.1, 0.15) is 0 Å². The van der Waals surface area contributed by atoms with Crippen molar-refractivity contribution in [3.05, 3.63) is 34.3 Å². The zero-order valence-corrected chi connectivity index (χ0v) is 10.4. The average molecular weight is 277 g/mol. The summed E-state index contributed by atoms with van der Waals surface area (Å²) in [5, 5.41) is 0. The highest BCUT2D eigenvalue weighted by atomic mass is 79.9. The Morgan fingerprint density at radius 1 is 1.21 bits per heavy atom. The molecule has 1 aromatic carbocycles. The second kappa shape index (κ2) is 5.15. The quantitative estimate of drug-likeness (QED) is 0.876. The van der Waals surface area contributed by atoms with Gasteiger partial charge in [-0.15, -0.1) is 12.4 Å². The molecule has 1 aromatic rings. The molecule has 3 heteroatoms. The van der Waals surface area contributed by atoms with E-state index >= 15 is 0 Å². The van der Waals surface area contributed by atoms with E-state index in [2.05, 4.69) is 40.2 Å². The topological polar surface area (TPSA) is 26.0 Å². The van der Waals surface area contributed by atoms with Gasteiger partial charge in [0, 0.05) is 10.5 Å². The average Bonchev–Trinajstić information content (AvgIpc) is 2.02. The minimum absolute atomic E-state index is 0. The van der Waals surface area contributed by atoms with E-state index < -0.39 is 0 Å². The van der Waals surface area contributed by atoms with E-state index in [4.69, 9.17) is 5.73 Å². The highest BCUT2D eigenvalue weighted by molar-refractivity contribution is 9.10. The Morgan fingerprint density at radius 3 is 2.21 bits per heavy atom. The first kappa shape index (κ1) is 12.0. The molecule has 78 valence electrons. The lowest BCUT2D eigenvalue weighted by molar-refractivity contribution is 0.264. The normalized spacial score (nSPS) is 18.1. The molecule has 0 aliphatic heterocycles. The summed E-state index contributed by atoms with van der Waals surface area (Å²) >= 11 is 3.42. The predicted molar refractivity (Wildman–Crippen MR) is 65.7 cm³/mol. The van der Waals surface area contributed by atoms with Gasteiger partial charge in [-0.3, -0.25) is 0 Å². The van der Waals surface area contributed by atoms with E-state index in [1.54, 1.807) is 0 Å². The number of rotatable bonds is 2. The van der Waals surface area contributed by atoms with Crippen LogP contribution < -0.4 is 5.73 Å². The van der Waals surface area contributed by atoms with Crippen molar-refractivity contribution in [3.63, 3.8) is 0 Å². The minimum atomic E-state index is 0. The van der Waals surface area contributed by atoms with Crippen molar-refractivity contribution in [1.82, 2.24) is 0 Å². The Kier molecular flexibility index (Phi) is 4.42. The molecule has 2 N–H and O–H groups in total. The molecule has 0 amide bonds. The molecule has 1 atom stereocenters. The van der Waals surface area contributed by atoms with Crippen LogP contribution in [-0.2, 0) is 0 Å². The third kappa shape index (κ3) is 2.50. The van der Waals surface area contributed by atoms with Crippen molar-refractivity contribution in [2.24, 2.45) is 11.7 Å². The van der Waals surface area contributed by atoms with Gasteiger partial charge in [-0.05, 0) is 36.5 Å². The Balaban J connectivity index is 0.000000980. The van der Waals surface area contributed by atoms with E-state index in [1.807, 2.05) is 0 Å². The van der Waals surface area contributed by atoms with Gasteiger partial charge in [0.15, 0.2) is 0 Å². The van der Waals surface area contributed by atoms with Gasteiger partial charge >= 0.3 is 0 Å². The highest BCUT2D eigenvalue weighted by Gasteiger charge is 2.25. The van der Waals surface area contributed by atoms with Crippen molar-refractivity contribution in [2.75, 3.05) is 0 Å². The van der Waals surface area contributed by atoms with Gasteiger partial charge in [-0.1, -0.05) is 34.5 Å². The van der Waals surface area contributed by atoms with Crippen LogP contribution in [0, 0.1) is 5.92 Å². The highest BCUT2D eigenvalue weighted by Crippen LogP contribution is 2.36. The summed E-state index contributed by atoms with van der Waals surface area (Å²) < 4.78 is 1.12. The van der Waals surface area contributed by atoms with Crippen molar-refractivity contribution >= 4 is 28.3 Å². The Morgan fingerprint density at radius 2 is 1.79 bits per heavy atom. The van der Waals surface area contributed by atoms with Gasteiger partial charge in [0.25, 0.3) is 0 Å². The van der Waals surface area contributed by atoms with Crippen LogP contribution in [0.5, 0.6) is 0 Å². The van der Waals surface area contributed by atoms with E-state index in [9.17, 15) is 0 Å². The molecule has 0 saturated heterocycles. The molecule has 2 rings (SSSR count). The molecule has 0 spiro atoms. The second-order valence-electron chi connectivity index (χ2n) is 3.77. The molecule has 14 heavy (non-hydrogen) atoms. The SMILES string of the molecule is Cl.N[C@H](c1ccc(Br)cc1)C1CCC1. The number of hydrogen-bond donors (Lipinski definition) is 1. The molecule has 1 nitrogen and oxygen atoms in total. The standard InChI is InChI=1S/C11H14BrN.ClH/c12-10-6-4-9(5-7-10)11(13)8-2-1-3-8;/h4-8,11H,1-3,13H2;1H/t11-;/m0./s1. The molecular weight excluding hydrogens is 261 g/mol. The molecule has 1 aliphatic rings. The van der Waals surface area contributed by atoms with Gasteiger partial charge in [-0.25, -0.2) is 0 Å². The fraction of sp³-hybridized carbons (Fsp3) is 0.455. The van der Waals surface area contributed by atoms with E-state index in [0.717, 1.165) is 10.4 Å². The Hall–Kier alpha value is -0.0500. The summed E-state index contributed by atoms with van der Waals surface area (Å²) in [5.41, 5.74) is 7.41. The first-order valence-corrected chi connectivity index (χ1v) is 5.58. The largest absolute Gasteiger partial charge is 0.324 e. The second-order valence-corrected chi connectivity index (χ2v) is 4.68. The maximum Gasteiger partial charge on any atom is 0.0323 e. The molecule has 0 unspecified atom stereocenters. The molecule has 0 radical (unpaired) electrons. The zero-order valence-electron chi connectivity index (χ0n) is 7.95. The summed E-state index contributed by atoms with van der Waals surface area (Å²) in [6.45, 7) is 0. The Bertz CT molecular complexity index is 282. The predicted octanol–water partition coefficient (Wildman–Crippen LogP) is 3.67. The molecule has 1 saturated carbocycles. The first-order chi connectivity index (χ1) is 6.27. The van der Waals surface area contributed by atoms with Gasteiger partial charge in [0.05, 0.1) is 0 Å². The van der Waals surface area contributed by atoms with Gasteiger partial charge in [-0.2, -0.15) is 0 Å². The monoisotopic (exact) mass is 275 g/mol. The third-order valence-corrected chi connectivity index (χ3v) is 3.44. The molecule has 1 aliphatic carbocycles. The first-order valence-electron chi connectivity index (χ1n) is 4.78. The summed E-state index contributed by atoms with van der Waals surface area (Å²) in [6, 6.07) is 8.61. The van der Waals surface area contributed by atoms with Crippen LogP contribution in [0.25, 0.3) is 0 Å². The summed E-state index contributed by atoms with van der Waals surface area (Å²) in [5.74, 6) is 0.723. The van der Waals surface area contributed by atoms with Crippen molar-refractivity contribution in [1.29, 1.82) is 0 Å². The summed E-state index contributed by atoms with van der Waals surface area (Å²) in [4.78, 5) is 0. The number of nitrogens with two attached hydrogens (primary N) is 1. The van der Waals surface area contributed by atoms with Crippen molar-refractivity contribution < 1.29 is 0 Å². The molecule has 0 bridgehead atoms. The number of benzene rings is 1. The maximum absolute atomic E-state index is 6.14. The van der Waals surface area contributed by atoms with E-state index in [-0.39, 0.29) is 18.4 Å². The fourth-order valence-electron chi connectivity index (χ4n) is 1.76. The molecular formula is C11H15BrClN. The molecule has 0 aromatic heterocycles. The smallest absolute Gasteiger partial charge is 0.0323 e. The van der Waals surface area contributed by atoms with E-state index in [1.165, 1.54) is 24.8 Å². The van der Waals surface area contributed by atoms with Crippen LogP contribution in [0.4, 0.5) is 0 Å². The lowest BCUT2D eigenvalue weighted by atomic mass is 9.78. The van der Waals surface area contributed by atoms with Crippen molar-refractivity contribution in [2.45, 2.75) is 25.3 Å². The van der Waals surface area contributed by atoms with Crippen LogP contribution in [0.1, 0.15) is 30.9 Å². The number of hydrogen-bond acceptors (Lipinski definition) is 1. The fourth-order valence-corrected chi connectivity index (χ4v) is 2.02. The van der Waals surface area contributed by atoms with Crippen molar-refractivity contribution in [3.8, 4) is 0 Å². The minimum Gasteiger partial charge on any atom is -0.324 e. The molecule has 0 heterocycles. The van der Waals surface area contributed by atoms with Gasteiger partial charge in [0.2, 0.25) is 0 Å². The maximum atomic E-state index is 6.14. The molecule has 1 fully saturated rings. The van der Waals surface area contributed by atoms with E-state index in [0.29, 0.717) is 0 Å². The summed E-state index contributed by atoms with van der Waals surface area (Å²) in [6.07, 6.45) is 3.96. The van der Waals surface area contributed by atoms with Crippen LogP contribution in [-0.4, -0.2) is 0 Å². The van der Waals surface area contributed by atoms with Crippen LogP contribution in [0.15, 0.2) is 28.7 Å². The third-order valence-electron chi connectivity index (χ3n) is 2.91. The summed E-state index contributed by atoms with van der Waals surface area (Å²) in [7, 11) is 0. The van der Waals surface area contributed by atoms with Crippen LogP contribution >= 0.6 is 28.3 Å². The van der Waals surface area contributed by atoms with Crippen LogP contribution in [0.2, 0.25) is 0 Å². The Labute approximate surface area is 99.6 Å². The zero-order chi connectivity index (χ0) is 9.26. The lowest BCUT2D eigenvalue weighted by Crippen LogP contribution is -2.26.